The molecular formula is C23H25N5O4. The summed E-state index contributed by atoms with van der Waals surface area (Å²) in [5, 5.41) is 10.1. The number of ether oxygens (including phenoxy) is 3. The van der Waals surface area contributed by atoms with Crippen LogP contribution in [0.4, 0.5) is 5.82 Å². The molecule has 0 unspecified atom stereocenters. The summed E-state index contributed by atoms with van der Waals surface area (Å²) in [4.78, 5) is 21.1. The number of amides is 1. The van der Waals surface area contributed by atoms with Crippen molar-refractivity contribution in [2.24, 2.45) is 5.10 Å². The summed E-state index contributed by atoms with van der Waals surface area (Å²) in [5.74, 6) is 2.06. The fourth-order valence-electron chi connectivity index (χ4n) is 3.70. The summed E-state index contributed by atoms with van der Waals surface area (Å²) in [5.41, 5.74) is 2.55. The normalized spacial score (nSPS) is 13.7. The second-order valence-corrected chi connectivity index (χ2v) is 7.12. The van der Waals surface area contributed by atoms with Crippen LogP contribution >= 0.6 is 0 Å². The minimum atomic E-state index is 0.00658. The third kappa shape index (κ3) is 4.14. The first-order valence-corrected chi connectivity index (χ1v) is 10.3. The Hall–Kier alpha value is -3.88. The predicted octanol–water partition coefficient (Wildman–Crippen LogP) is 3.09. The highest BCUT2D eigenvalue weighted by molar-refractivity contribution is 6.04. The second-order valence-electron chi connectivity index (χ2n) is 7.12. The summed E-state index contributed by atoms with van der Waals surface area (Å²) in [6.45, 7) is 0.866. The molecule has 0 bridgehead atoms. The van der Waals surface area contributed by atoms with E-state index in [1.54, 1.807) is 27.4 Å². The number of benzene rings is 2. The number of carbonyl (C=O) groups is 1. The monoisotopic (exact) mass is 435 g/mol. The molecule has 2 aromatic carbocycles. The third-order valence-corrected chi connectivity index (χ3v) is 5.26. The van der Waals surface area contributed by atoms with Crippen molar-refractivity contribution in [3.8, 4) is 17.2 Å². The predicted molar refractivity (Wildman–Crippen MR) is 122 cm³/mol. The molecule has 166 valence electrons. The molecule has 0 saturated carbocycles. The molecule has 0 aliphatic carbocycles. The van der Waals surface area contributed by atoms with Crippen molar-refractivity contribution in [2.75, 3.05) is 39.7 Å². The molecule has 0 spiro atoms. The maximum absolute atomic E-state index is 12.4. The first-order valence-electron chi connectivity index (χ1n) is 10.3. The van der Waals surface area contributed by atoms with E-state index in [1.807, 2.05) is 30.3 Å². The first-order chi connectivity index (χ1) is 15.7. The van der Waals surface area contributed by atoms with E-state index in [4.69, 9.17) is 14.2 Å². The van der Waals surface area contributed by atoms with E-state index in [0.29, 0.717) is 54.5 Å². The minimum absolute atomic E-state index is 0.00658. The van der Waals surface area contributed by atoms with Gasteiger partial charge in [-0.05, 0) is 11.6 Å². The van der Waals surface area contributed by atoms with Gasteiger partial charge in [-0.2, -0.15) is 5.10 Å². The van der Waals surface area contributed by atoms with Crippen LogP contribution in [0, 0.1) is 0 Å². The number of nitrogens with one attached hydrogen (secondary N) is 1. The van der Waals surface area contributed by atoms with E-state index in [2.05, 4.69) is 20.4 Å². The van der Waals surface area contributed by atoms with Gasteiger partial charge in [-0.15, -0.1) is 0 Å². The molecule has 0 radical (unpaired) electrons. The topological polar surface area (TPSA) is 98.2 Å². The Kier molecular flexibility index (Phi) is 6.34. The number of methoxy groups -OCH3 is 3. The number of fused-ring (bicyclic) bond motifs is 1. The Morgan fingerprint density at radius 2 is 1.78 bits per heavy atom. The van der Waals surface area contributed by atoms with Crippen molar-refractivity contribution in [3.05, 3.63) is 48.3 Å². The van der Waals surface area contributed by atoms with Gasteiger partial charge >= 0.3 is 0 Å². The molecule has 2 heterocycles. The lowest BCUT2D eigenvalue weighted by atomic mass is 10.0. The van der Waals surface area contributed by atoms with Gasteiger partial charge in [-0.1, -0.05) is 30.3 Å². The molecule has 1 N–H and O–H groups in total. The van der Waals surface area contributed by atoms with E-state index in [9.17, 15) is 4.79 Å². The fourth-order valence-corrected chi connectivity index (χ4v) is 3.70. The third-order valence-electron chi connectivity index (χ3n) is 5.26. The molecule has 0 atom stereocenters. The molecule has 4 rings (SSSR count). The van der Waals surface area contributed by atoms with Crippen molar-refractivity contribution < 1.29 is 19.0 Å². The van der Waals surface area contributed by atoms with Crippen LogP contribution in [0.15, 0.2) is 47.8 Å². The van der Waals surface area contributed by atoms with Crippen LogP contribution in [-0.4, -0.2) is 61.0 Å². The van der Waals surface area contributed by atoms with E-state index in [0.717, 1.165) is 16.7 Å². The molecule has 0 fully saturated rings. The molecule has 1 amide bonds. The van der Waals surface area contributed by atoms with Crippen molar-refractivity contribution >= 4 is 28.3 Å². The maximum atomic E-state index is 12.4. The van der Waals surface area contributed by atoms with Crippen molar-refractivity contribution in [1.29, 1.82) is 0 Å². The largest absolute Gasteiger partial charge is 0.493 e. The molecule has 32 heavy (non-hydrogen) atoms. The maximum Gasteiger partial charge on any atom is 0.243 e. The number of aromatic nitrogens is 2. The SMILES string of the molecule is COc1cc2c(NCCN3N=C(c4ccccc4)CCC3=O)ncnc2c(OC)c1OC. The van der Waals surface area contributed by atoms with Gasteiger partial charge in [0.05, 0.1) is 39.0 Å². The molecule has 0 saturated heterocycles. The lowest BCUT2D eigenvalue weighted by Gasteiger charge is -2.24. The van der Waals surface area contributed by atoms with Gasteiger partial charge in [0, 0.05) is 19.4 Å². The molecule has 9 heteroatoms. The van der Waals surface area contributed by atoms with Gasteiger partial charge in [-0.3, -0.25) is 4.79 Å². The van der Waals surface area contributed by atoms with E-state index < -0.39 is 0 Å². The number of rotatable bonds is 8. The highest BCUT2D eigenvalue weighted by atomic mass is 16.5. The van der Waals surface area contributed by atoms with Crippen molar-refractivity contribution in [1.82, 2.24) is 15.0 Å². The number of hydrogen-bond acceptors (Lipinski definition) is 8. The van der Waals surface area contributed by atoms with Crippen LogP contribution in [0.1, 0.15) is 18.4 Å². The summed E-state index contributed by atoms with van der Waals surface area (Å²) in [7, 11) is 4.66. The number of carbonyl (C=O) groups excluding carboxylic acids is 1. The number of nitrogens with zero attached hydrogens (tertiary/aromatic N) is 4. The number of hydrazone groups is 1. The molecular weight excluding hydrogens is 410 g/mol. The zero-order valence-corrected chi connectivity index (χ0v) is 18.3. The molecule has 1 aliphatic rings. The quantitative estimate of drug-likeness (QED) is 0.581. The van der Waals surface area contributed by atoms with E-state index in [1.165, 1.54) is 11.3 Å². The van der Waals surface area contributed by atoms with Crippen LogP contribution in [0.3, 0.4) is 0 Å². The molecule has 9 nitrogen and oxygen atoms in total. The fraction of sp³-hybridized carbons (Fsp3) is 0.304. The highest BCUT2D eigenvalue weighted by Gasteiger charge is 2.22. The summed E-state index contributed by atoms with van der Waals surface area (Å²) in [6.07, 6.45) is 2.54. The highest BCUT2D eigenvalue weighted by Crippen LogP contribution is 2.43. The molecule has 1 aromatic heterocycles. The van der Waals surface area contributed by atoms with Crippen molar-refractivity contribution in [3.63, 3.8) is 0 Å². The summed E-state index contributed by atoms with van der Waals surface area (Å²) in [6, 6.07) is 11.7. The second kappa shape index (κ2) is 9.51. The van der Waals surface area contributed by atoms with Crippen LogP contribution in [0.2, 0.25) is 0 Å². The standard InChI is InChI=1S/C23H25N5O4/c1-30-18-13-16-20(22(32-3)21(18)31-2)25-14-26-23(16)24-11-12-28-19(29)10-9-17(27-28)15-7-5-4-6-8-15/h4-8,13-14H,9-12H2,1-3H3,(H,24,25,26). The zero-order chi connectivity index (χ0) is 22.5. The Morgan fingerprint density at radius 3 is 2.50 bits per heavy atom. The van der Waals surface area contributed by atoms with E-state index >= 15 is 0 Å². The Labute approximate surface area is 186 Å². The first kappa shape index (κ1) is 21.4. The zero-order valence-electron chi connectivity index (χ0n) is 18.3. The van der Waals surface area contributed by atoms with E-state index in [-0.39, 0.29) is 5.91 Å². The van der Waals surface area contributed by atoms with Crippen LogP contribution in [-0.2, 0) is 4.79 Å². The Morgan fingerprint density at radius 1 is 1.00 bits per heavy atom. The van der Waals surface area contributed by atoms with Crippen LogP contribution < -0.4 is 19.5 Å². The summed E-state index contributed by atoms with van der Waals surface area (Å²) >= 11 is 0. The van der Waals surface area contributed by atoms with Gasteiger partial charge < -0.3 is 19.5 Å². The number of hydrogen-bond donors (Lipinski definition) is 1. The molecule has 3 aromatic rings. The Balaban J connectivity index is 1.55. The molecule has 1 aliphatic heterocycles. The average Bonchev–Trinajstić information content (AvgIpc) is 2.84. The van der Waals surface area contributed by atoms with Crippen molar-refractivity contribution in [2.45, 2.75) is 12.8 Å². The summed E-state index contributed by atoms with van der Waals surface area (Å²) < 4.78 is 16.4. The van der Waals surface area contributed by atoms with Gasteiger partial charge in [0.15, 0.2) is 11.5 Å². The van der Waals surface area contributed by atoms with Gasteiger partial charge in [0.1, 0.15) is 17.7 Å². The lowest BCUT2D eigenvalue weighted by molar-refractivity contribution is -0.131. The smallest absolute Gasteiger partial charge is 0.243 e. The Bertz CT molecular complexity index is 1150. The van der Waals surface area contributed by atoms with Gasteiger partial charge in [-0.25, -0.2) is 15.0 Å². The average molecular weight is 435 g/mol. The minimum Gasteiger partial charge on any atom is -0.493 e. The van der Waals surface area contributed by atoms with Gasteiger partial charge in [0.2, 0.25) is 11.7 Å². The van der Waals surface area contributed by atoms with Crippen LogP contribution in [0.25, 0.3) is 10.9 Å². The van der Waals surface area contributed by atoms with Gasteiger partial charge in [0.25, 0.3) is 0 Å². The van der Waals surface area contributed by atoms with Crippen LogP contribution in [0.5, 0.6) is 17.2 Å². The number of anilines is 1. The lowest BCUT2D eigenvalue weighted by Crippen LogP contribution is -2.35.